The molecule has 0 radical (unpaired) electrons. The van der Waals surface area contributed by atoms with Crippen molar-refractivity contribution in [3.05, 3.63) is 64.4 Å². The largest absolute Gasteiger partial charge is 0.452 e. The molecule has 6 nitrogen and oxygen atoms in total. The number of benzene rings is 2. The molecular weight excluding hydrogens is 363 g/mol. The van der Waals surface area contributed by atoms with Crippen molar-refractivity contribution in [3.8, 4) is 0 Å². The Labute approximate surface area is 154 Å². The van der Waals surface area contributed by atoms with Crippen molar-refractivity contribution in [2.45, 2.75) is 0 Å². The van der Waals surface area contributed by atoms with Crippen LogP contribution in [0.15, 0.2) is 42.5 Å². The summed E-state index contributed by atoms with van der Waals surface area (Å²) in [5, 5.41) is 2.66. The number of nitrogens with zero attached hydrogens (tertiary/aromatic N) is 1. The zero-order chi connectivity index (χ0) is 19.3. The van der Waals surface area contributed by atoms with Crippen molar-refractivity contribution in [3.63, 3.8) is 0 Å². The summed E-state index contributed by atoms with van der Waals surface area (Å²) < 4.78 is 18.4. The van der Waals surface area contributed by atoms with Crippen LogP contribution in [0.3, 0.4) is 0 Å². The van der Waals surface area contributed by atoms with E-state index in [4.69, 9.17) is 16.3 Å². The van der Waals surface area contributed by atoms with E-state index in [9.17, 15) is 18.8 Å². The molecule has 0 fully saturated rings. The highest BCUT2D eigenvalue weighted by atomic mass is 35.5. The summed E-state index contributed by atoms with van der Waals surface area (Å²) in [4.78, 5) is 36.8. The van der Waals surface area contributed by atoms with Gasteiger partial charge >= 0.3 is 5.97 Å². The summed E-state index contributed by atoms with van der Waals surface area (Å²) in [5.74, 6) is -2.56. The van der Waals surface area contributed by atoms with Crippen molar-refractivity contribution in [2.24, 2.45) is 0 Å². The number of halogens is 2. The average molecular weight is 379 g/mol. The van der Waals surface area contributed by atoms with Gasteiger partial charge in [-0.2, -0.15) is 0 Å². The van der Waals surface area contributed by atoms with E-state index in [0.717, 1.165) is 6.07 Å². The number of rotatable bonds is 5. The number of carbonyl (C=O) groups excluding carboxylic acids is 3. The van der Waals surface area contributed by atoms with Gasteiger partial charge in [0.2, 0.25) is 0 Å². The molecule has 0 atom stereocenters. The van der Waals surface area contributed by atoms with E-state index >= 15 is 0 Å². The fourth-order valence-corrected chi connectivity index (χ4v) is 2.17. The molecule has 0 unspecified atom stereocenters. The predicted molar refractivity (Wildman–Crippen MR) is 94.8 cm³/mol. The number of hydrogen-bond donors (Lipinski definition) is 1. The summed E-state index contributed by atoms with van der Waals surface area (Å²) in [6, 6.07) is 9.73. The Kier molecular flexibility index (Phi) is 6.30. The Morgan fingerprint density at radius 2 is 1.77 bits per heavy atom. The maximum Gasteiger partial charge on any atom is 0.341 e. The van der Waals surface area contributed by atoms with E-state index in [2.05, 4.69) is 5.32 Å². The van der Waals surface area contributed by atoms with Gasteiger partial charge in [0.25, 0.3) is 11.8 Å². The van der Waals surface area contributed by atoms with Gasteiger partial charge in [-0.15, -0.1) is 0 Å². The van der Waals surface area contributed by atoms with Gasteiger partial charge in [-0.3, -0.25) is 9.59 Å². The van der Waals surface area contributed by atoms with Crippen LogP contribution in [0.1, 0.15) is 20.7 Å². The molecule has 0 aliphatic rings. The van der Waals surface area contributed by atoms with Crippen LogP contribution in [0, 0.1) is 5.82 Å². The van der Waals surface area contributed by atoms with Gasteiger partial charge in [-0.05, 0) is 42.5 Å². The lowest BCUT2D eigenvalue weighted by molar-refractivity contribution is -0.119. The number of nitrogens with one attached hydrogen (secondary N) is 1. The fourth-order valence-electron chi connectivity index (χ4n) is 2.02. The molecule has 136 valence electrons. The third-order valence-corrected chi connectivity index (χ3v) is 3.54. The second-order valence-electron chi connectivity index (χ2n) is 5.53. The lowest BCUT2D eigenvalue weighted by Crippen LogP contribution is -2.22. The first kappa shape index (κ1) is 19.4. The molecular formula is C18H16ClFN2O4. The highest BCUT2D eigenvalue weighted by Crippen LogP contribution is 2.15. The van der Waals surface area contributed by atoms with Crippen LogP contribution in [-0.2, 0) is 9.53 Å². The second-order valence-corrected chi connectivity index (χ2v) is 5.96. The zero-order valence-electron chi connectivity index (χ0n) is 14.1. The van der Waals surface area contributed by atoms with Crippen LogP contribution >= 0.6 is 11.6 Å². The van der Waals surface area contributed by atoms with Crippen LogP contribution in [-0.4, -0.2) is 43.4 Å². The van der Waals surface area contributed by atoms with Gasteiger partial charge in [0.05, 0.1) is 5.56 Å². The summed E-state index contributed by atoms with van der Waals surface area (Å²) >= 11 is 5.61. The zero-order valence-corrected chi connectivity index (χ0v) is 14.8. The lowest BCUT2D eigenvalue weighted by Gasteiger charge is -2.11. The van der Waals surface area contributed by atoms with E-state index in [1.165, 1.54) is 17.0 Å². The van der Waals surface area contributed by atoms with Crippen molar-refractivity contribution in [2.75, 3.05) is 26.0 Å². The normalized spacial score (nSPS) is 10.2. The van der Waals surface area contributed by atoms with Crippen LogP contribution in [0.5, 0.6) is 0 Å². The minimum atomic E-state index is -0.971. The maximum atomic E-state index is 13.6. The summed E-state index contributed by atoms with van der Waals surface area (Å²) in [7, 11) is 3.27. The molecule has 2 rings (SSSR count). The molecule has 0 bridgehead atoms. The predicted octanol–water partition coefficient (Wildman–Crippen LogP) is 2.98. The molecule has 2 aromatic carbocycles. The monoisotopic (exact) mass is 378 g/mol. The van der Waals surface area contributed by atoms with E-state index in [1.807, 2.05) is 0 Å². The Morgan fingerprint density at radius 1 is 1.12 bits per heavy atom. The van der Waals surface area contributed by atoms with E-state index in [1.54, 1.807) is 38.4 Å². The molecule has 0 aliphatic carbocycles. The first-order valence-corrected chi connectivity index (χ1v) is 7.89. The molecule has 2 aromatic rings. The van der Waals surface area contributed by atoms with Gasteiger partial charge in [0.15, 0.2) is 6.61 Å². The minimum Gasteiger partial charge on any atom is -0.452 e. The lowest BCUT2D eigenvalue weighted by atomic mass is 10.2. The first-order chi connectivity index (χ1) is 12.3. The fraction of sp³-hybridized carbons (Fsp3) is 0.167. The van der Waals surface area contributed by atoms with Gasteiger partial charge in [0.1, 0.15) is 5.82 Å². The summed E-state index contributed by atoms with van der Waals surface area (Å²) in [5.41, 5.74) is 0.588. The topological polar surface area (TPSA) is 75.7 Å². The molecule has 1 N–H and O–H groups in total. The number of esters is 1. The Morgan fingerprint density at radius 3 is 2.35 bits per heavy atom. The Balaban J connectivity index is 1.90. The molecule has 0 saturated carbocycles. The summed E-state index contributed by atoms with van der Waals surface area (Å²) in [6.07, 6.45) is 0. The van der Waals surface area contributed by atoms with Crippen molar-refractivity contribution in [1.29, 1.82) is 0 Å². The molecule has 8 heteroatoms. The van der Waals surface area contributed by atoms with Crippen LogP contribution < -0.4 is 5.32 Å². The molecule has 2 amide bonds. The number of anilines is 1. The van der Waals surface area contributed by atoms with Gasteiger partial charge < -0.3 is 15.0 Å². The summed E-state index contributed by atoms with van der Waals surface area (Å²) in [6.45, 7) is -0.584. The smallest absolute Gasteiger partial charge is 0.341 e. The SMILES string of the molecule is CN(C)C(=O)c1ccc(NC(=O)COC(=O)c2ccc(Cl)cc2F)cc1. The van der Waals surface area contributed by atoms with Crippen LogP contribution in [0.25, 0.3) is 0 Å². The van der Waals surface area contributed by atoms with Gasteiger partial charge in [0, 0.05) is 30.4 Å². The third-order valence-electron chi connectivity index (χ3n) is 3.31. The van der Waals surface area contributed by atoms with Crippen LogP contribution in [0.2, 0.25) is 5.02 Å². The van der Waals surface area contributed by atoms with Crippen molar-refractivity contribution in [1.82, 2.24) is 4.90 Å². The number of hydrogen-bond acceptors (Lipinski definition) is 4. The standard InChI is InChI=1S/C18H16ClFN2O4/c1-22(2)17(24)11-3-6-13(7-4-11)21-16(23)10-26-18(25)14-8-5-12(19)9-15(14)20/h3-9H,10H2,1-2H3,(H,21,23). The Bertz CT molecular complexity index is 838. The number of carbonyl (C=O) groups is 3. The third kappa shape index (κ3) is 5.03. The quantitative estimate of drug-likeness (QED) is 0.811. The number of ether oxygens (including phenoxy) is 1. The van der Waals surface area contributed by atoms with E-state index in [-0.39, 0.29) is 16.5 Å². The highest BCUT2D eigenvalue weighted by Gasteiger charge is 2.15. The maximum absolute atomic E-state index is 13.6. The first-order valence-electron chi connectivity index (χ1n) is 7.51. The van der Waals surface area contributed by atoms with Crippen molar-refractivity contribution < 1.29 is 23.5 Å². The molecule has 0 spiro atoms. The van der Waals surface area contributed by atoms with Gasteiger partial charge in [-0.1, -0.05) is 11.6 Å². The highest BCUT2D eigenvalue weighted by molar-refractivity contribution is 6.30. The van der Waals surface area contributed by atoms with Gasteiger partial charge in [-0.25, -0.2) is 9.18 Å². The molecule has 0 aliphatic heterocycles. The second kappa shape index (κ2) is 8.44. The van der Waals surface area contributed by atoms with Crippen molar-refractivity contribution >= 4 is 35.1 Å². The number of amides is 2. The molecule has 26 heavy (non-hydrogen) atoms. The van der Waals surface area contributed by atoms with E-state index < -0.39 is 24.3 Å². The molecule has 0 heterocycles. The molecule has 0 aromatic heterocycles. The minimum absolute atomic E-state index is 0.146. The Hall–Kier alpha value is -2.93. The molecule has 0 saturated heterocycles. The average Bonchev–Trinajstić information content (AvgIpc) is 2.59. The van der Waals surface area contributed by atoms with E-state index in [0.29, 0.717) is 11.3 Å². The van der Waals surface area contributed by atoms with Crippen LogP contribution in [0.4, 0.5) is 10.1 Å².